The molecule has 0 spiro atoms. The van der Waals surface area contributed by atoms with Gasteiger partial charge in [-0.25, -0.2) is 0 Å². The van der Waals surface area contributed by atoms with Crippen LogP contribution in [0, 0.1) is 0 Å². The highest BCUT2D eigenvalue weighted by Gasteiger charge is 2.22. The van der Waals surface area contributed by atoms with Crippen molar-refractivity contribution in [3.63, 3.8) is 0 Å². The van der Waals surface area contributed by atoms with Crippen molar-refractivity contribution in [2.75, 3.05) is 32.8 Å². The molecule has 0 saturated heterocycles. The van der Waals surface area contributed by atoms with Crippen molar-refractivity contribution in [3.05, 3.63) is 0 Å². The second-order valence-electron chi connectivity index (χ2n) is 4.36. The first-order valence-corrected chi connectivity index (χ1v) is 6.33. The summed E-state index contributed by atoms with van der Waals surface area (Å²) >= 11 is 0. The molecule has 1 unspecified atom stereocenters. The molecule has 1 atom stereocenters. The highest BCUT2D eigenvalue weighted by Crippen LogP contribution is 2.18. The van der Waals surface area contributed by atoms with E-state index in [9.17, 15) is 0 Å². The minimum Gasteiger partial charge on any atom is -0.380 e. The van der Waals surface area contributed by atoms with Crippen LogP contribution in [0.4, 0.5) is 0 Å². The Bertz CT molecular complexity index is 160. The quantitative estimate of drug-likeness (QED) is 0.589. The molecule has 90 valence electrons. The maximum absolute atomic E-state index is 5.39. The standard InChI is InChI=1S/C12H26N2O/c1-4-14(8-9-15-5-2)11(3)10-13-12-6-7-12/h11-13H,4-10H2,1-3H3. The Morgan fingerprint density at radius 3 is 2.67 bits per heavy atom. The Kier molecular flexibility index (Phi) is 6.22. The smallest absolute Gasteiger partial charge is 0.0593 e. The van der Waals surface area contributed by atoms with E-state index in [1.165, 1.54) is 12.8 Å². The summed E-state index contributed by atoms with van der Waals surface area (Å²) in [6.45, 7) is 11.5. The second-order valence-corrected chi connectivity index (χ2v) is 4.36. The minimum absolute atomic E-state index is 0.621. The molecule has 1 fully saturated rings. The van der Waals surface area contributed by atoms with E-state index >= 15 is 0 Å². The van der Waals surface area contributed by atoms with E-state index in [1.807, 2.05) is 6.92 Å². The molecule has 0 aromatic heterocycles. The van der Waals surface area contributed by atoms with Gasteiger partial charge in [-0.05, 0) is 33.2 Å². The van der Waals surface area contributed by atoms with Crippen molar-refractivity contribution < 1.29 is 4.74 Å². The number of nitrogens with zero attached hydrogens (tertiary/aromatic N) is 1. The molecule has 0 aliphatic heterocycles. The number of nitrogens with one attached hydrogen (secondary N) is 1. The van der Waals surface area contributed by atoms with Crippen LogP contribution < -0.4 is 5.32 Å². The minimum atomic E-state index is 0.621. The summed E-state index contributed by atoms with van der Waals surface area (Å²) < 4.78 is 5.39. The van der Waals surface area contributed by atoms with E-state index in [0.717, 1.165) is 38.9 Å². The van der Waals surface area contributed by atoms with Gasteiger partial charge in [-0.3, -0.25) is 4.90 Å². The van der Waals surface area contributed by atoms with Gasteiger partial charge in [0.15, 0.2) is 0 Å². The molecular formula is C12H26N2O. The molecule has 0 heterocycles. The van der Waals surface area contributed by atoms with E-state index in [-0.39, 0.29) is 0 Å². The van der Waals surface area contributed by atoms with Gasteiger partial charge in [-0.1, -0.05) is 6.92 Å². The summed E-state index contributed by atoms with van der Waals surface area (Å²) in [6, 6.07) is 1.44. The lowest BCUT2D eigenvalue weighted by Crippen LogP contribution is -2.42. The fourth-order valence-corrected chi connectivity index (χ4v) is 1.77. The predicted octanol–water partition coefficient (Wildman–Crippen LogP) is 1.49. The molecule has 15 heavy (non-hydrogen) atoms. The first-order valence-electron chi connectivity index (χ1n) is 6.33. The maximum Gasteiger partial charge on any atom is 0.0593 e. The molecule has 1 aliphatic rings. The van der Waals surface area contributed by atoms with E-state index < -0.39 is 0 Å². The van der Waals surface area contributed by atoms with Crippen LogP contribution >= 0.6 is 0 Å². The summed E-state index contributed by atoms with van der Waals surface area (Å²) in [5.41, 5.74) is 0. The zero-order valence-corrected chi connectivity index (χ0v) is 10.5. The lowest BCUT2D eigenvalue weighted by Gasteiger charge is -2.27. The molecule has 0 bridgehead atoms. The maximum atomic E-state index is 5.39. The Morgan fingerprint density at radius 2 is 2.13 bits per heavy atom. The van der Waals surface area contributed by atoms with Gasteiger partial charge in [0.2, 0.25) is 0 Å². The van der Waals surface area contributed by atoms with Crippen molar-refractivity contribution in [3.8, 4) is 0 Å². The van der Waals surface area contributed by atoms with E-state index in [1.54, 1.807) is 0 Å². The third kappa shape index (κ3) is 5.50. The SMILES string of the molecule is CCOCCN(CC)C(C)CNC1CC1. The molecule has 0 aromatic carbocycles. The van der Waals surface area contributed by atoms with Gasteiger partial charge in [0.05, 0.1) is 6.61 Å². The van der Waals surface area contributed by atoms with Crippen molar-refractivity contribution in [2.24, 2.45) is 0 Å². The van der Waals surface area contributed by atoms with Gasteiger partial charge in [0.1, 0.15) is 0 Å². The lowest BCUT2D eigenvalue weighted by atomic mass is 10.2. The molecule has 3 nitrogen and oxygen atoms in total. The third-order valence-corrected chi connectivity index (χ3v) is 3.04. The molecule has 1 aliphatic carbocycles. The van der Waals surface area contributed by atoms with E-state index in [4.69, 9.17) is 4.74 Å². The monoisotopic (exact) mass is 214 g/mol. The topological polar surface area (TPSA) is 24.5 Å². The fourth-order valence-electron chi connectivity index (χ4n) is 1.77. The molecule has 1 saturated carbocycles. The van der Waals surface area contributed by atoms with E-state index in [0.29, 0.717) is 6.04 Å². The van der Waals surface area contributed by atoms with Crippen molar-refractivity contribution in [1.29, 1.82) is 0 Å². The van der Waals surface area contributed by atoms with Crippen molar-refractivity contribution in [1.82, 2.24) is 10.2 Å². The van der Waals surface area contributed by atoms with Gasteiger partial charge < -0.3 is 10.1 Å². The summed E-state index contributed by atoms with van der Waals surface area (Å²) in [7, 11) is 0. The average Bonchev–Trinajstić information content (AvgIpc) is 3.05. The number of rotatable bonds is 9. The van der Waals surface area contributed by atoms with Crippen LogP contribution in [0.2, 0.25) is 0 Å². The first-order chi connectivity index (χ1) is 7.27. The van der Waals surface area contributed by atoms with Gasteiger partial charge in [-0.2, -0.15) is 0 Å². The van der Waals surface area contributed by atoms with Crippen LogP contribution in [0.15, 0.2) is 0 Å². The summed E-state index contributed by atoms with van der Waals surface area (Å²) in [6.07, 6.45) is 2.75. The van der Waals surface area contributed by atoms with Crippen molar-refractivity contribution >= 4 is 0 Å². The molecule has 3 heteroatoms. The lowest BCUT2D eigenvalue weighted by molar-refractivity contribution is 0.0998. The Morgan fingerprint density at radius 1 is 1.40 bits per heavy atom. The molecule has 0 aromatic rings. The Hall–Kier alpha value is -0.120. The molecule has 1 rings (SSSR count). The predicted molar refractivity (Wildman–Crippen MR) is 64.2 cm³/mol. The number of hydrogen-bond donors (Lipinski definition) is 1. The largest absolute Gasteiger partial charge is 0.380 e. The van der Waals surface area contributed by atoms with Crippen LogP contribution in [-0.2, 0) is 4.74 Å². The summed E-state index contributed by atoms with van der Waals surface area (Å²) in [4.78, 5) is 2.48. The van der Waals surface area contributed by atoms with Gasteiger partial charge in [0, 0.05) is 31.8 Å². The molecule has 0 radical (unpaired) electrons. The van der Waals surface area contributed by atoms with Gasteiger partial charge in [-0.15, -0.1) is 0 Å². The zero-order chi connectivity index (χ0) is 11.1. The second kappa shape index (κ2) is 7.20. The number of ether oxygens (including phenoxy) is 1. The Balaban J connectivity index is 2.09. The van der Waals surface area contributed by atoms with Crippen LogP contribution in [-0.4, -0.2) is 49.8 Å². The van der Waals surface area contributed by atoms with Crippen LogP contribution in [0.5, 0.6) is 0 Å². The first kappa shape index (κ1) is 12.9. The molecular weight excluding hydrogens is 188 g/mol. The van der Waals surface area contributed by atoms with Gasteiger partial charge in [0.25, 0.3) is 0 Å². The summed E-state index contributed by atoms with van der Waals surface area (Å²) in [5, 5.41) is 3.58. The normalized spacial score (nSPS) is 18.4. The molecule has 0 amide bonds. The van der Waals surface area contributed by atoms with Crippen LogP contribution in [0.25, 0.3) is 0 Å². The number of hydrogen-bond acceptors (Lipinski definition) is 3. The fraction of sp³-hybridized carbons (Fsp3) is 1.00. The highest BCUT2D eigenvalue weighted by molar-refractivity contribution is 4.82. The highest BCUT2D eigenvalue weighted by atomic mass is 16.5. The third-order valence-electron chi connectivity index (χ3n) is 3.04. The van der Waals surface area contributed by atoms with Crippen LogP contribution in [0.3, 0.4) is 0 Å². The number of likely N-dealkylation sites (N-methyl/N-ethyl adjacent to an activating group) is 1. The average molecular weight is 214 g/mol. The van der Waals surface area contributed by atoms with Crippen LogP contribution in [0.1, 0.15) is 33.6 Å². The zero-order valence-electron chi connectivity index (χ0n) is 10.5. The van der Waals surface area contributed by atoms with E-state index in [2.05, 4.69) is 24.1 Å². The van der Waals surface area contributed by atoms with Gasteiger partial charge >= 0.3 is 0 Å². The summed E-state index contributed by atoms with van der Waals surface area (Å²) in [5.74, 6) is 0. The van der Waals surface area contributed by atoms with Crippen molar-refractivity contribution in [2.45, 2.75) is 45.7 Å². The Labute approximate surface area is 94.2 Å². The molecule has 1 N–H and O–H groups in total.